The number of rotatable bonds is 4. The van der Waals surface area contributed by atoms with Gasteiger partial charge in [0.25, 0.3) is 5.89 Å². The number of morpholine rings is 1. The molecule has 6 heteroatoms. The van der Waals surface area contributed by atoms with E-state index in [9.17, 15) is 0 Å². The zero-order valence-corrected chi connectivity index (χ0v) is 13.2. The largest absolute Gasteiger partial charge is 0.366 e. The Morgan fingerprint density at radius 1 is 1.12 bits per heavy atom. The summed E-state index contributed by atoms with van der Waals surface area (Å²) in [6.45, 7) is 3.09. The second-order valence-electron chi connectivity index (χ2n) is 5.78. The first-order valence-corrected chi connectivity index (χ1v) is 8.00. The molecular formula is C18H18N4O2. The summed E-state index contributed by atoms with van der Waals surface area (Å²) in [6.07, 6.45) is 3.49. The monoisotopic (exact) mass is 322 g/mol. The van der Waals surface area contributed by atoms with Crippen LogP contribution in [-0.2, 0) is 11.3 Å². The second kappa shape index (κ2) is 6.90. The Labute approximate surface area is 140 Å². The highest BCUT2D eigenvalue weighted by Crippen LogP contribution is 2.24. The zero-order valence-electron chi connectivity index (χ0n) is 13.2. The maximum absolute atomic E-state index is 5.83. The Balaban J connectivity index is 1.45. The molecule has 1 aliphatic heterocycles. The van der Waals surface area contributed by atoms with Crippen molar-refractivity contribution < 1.29 is 9.26 Å². The molecule has 1 atom stereocenters. The van der Waals surface area contributed by atoms with E-state index in [1.165, 1.54) is 5.56 Å². The van der Waals surface area contributed by atoms with Crippen LogP contribution in [0.25, 0.3) is 11.4 Å². The Morgan fingerprint density at radius 3 is 2.88 bits per heavy atom. The molecule has 0 N–H and O–H groups in total. The summed E-state index contributed by atoms with van der Waals surface area (Å²) in [6, 6.07) is 13.8. The minimum Gasteiger partial charge on any atom is -0.366 e. The third-order valence-electron chi connectivity index (χ3n) is 4.03. The van der Waals surface area contributed by atoms with Gasteiger partial charge in [0.2, 0.25) is 5.82 Å². The zero-order chi connectivity index (χ0) is 16.2. The predicted molar refractivity (Wildman–Crippen MR) is 87.9 cm³/mol. The Bertz CT molecular complexity index is 776. The maximum atomic E-state index is 5.83. The van der Waals surface area contributed by atoms with E-state index >= 15 is 0 Å². The summed E-state index contributed by atoms with van der Waals surface area (Å²) >= 11 is 0. The van der Waals surface area contributed by atoms with E-state index in [2.05, 4.69) is 26.1 Å². The molecule has 0 unspecified atom stereocenters. The summed E-state index contributed by atoms with van der Waals surface area (Å²) in [5, 5.41) is 4.08. The van der Waals surface area contributed by atoms with Gasteiger partial charge in [0, 0.05) is 37.6 Å². The maximum Gasteiger partial charge on any atom is 0.257 e. The van der Waals surface area contributed by atoms with Gasteiger partial charge in [-0.15, -0.1) is 0 Å². The lowest BCUT2D eigenvalue weighted by atomic mass is 10.2. The Morgan fingerprint density at radius 2 is 2.04 bits per heavy atom. The topological polar surface area (TPSA) is 64.3 Å². The standard InChI is InChI=1S/C18H18N4O2/c1-2-6-15(7-3-1)17-20-18(24-21-17)16-13-22(9-10-23-16)12-14-5-4-8-19-11-14/h1-8,11,16H,9-10,12-13H2/t16-/m0/s1. The van der Waals surface area contributed by atoms with E-state index in [1.54, 1.807) is 6.20 Å². The van der Waals surface area contributed by atoms with E-state index < -0.39 is 0 Å². The first kappa shape index (κ1) is 15.0. The highest BCUT2D eigenvalue weighted by Gasteiger charge is 2.27. The van der Waals surface area contributed by atoms with Crippen molar-refractivity contribution >= 4 is 0 Å². The van der Waals surface area contributed by atoms with Crippen LogP contribution in [0, 0.1) is 0 Å². The molecule has 24 heavy (non-hydrogen) atoms. The van der Waals surface area contributed by atoms with Crippen LogP contribution >= 0.6 is 0 Å². The van der Waals surface area contributed by atoms with Gasteiger partial charge in [-0.05, 0) is 11.6 Å². The first-order valence-electron chi connectivity index (χ1n) is 8.00. The summed E-state index contributed by atoms with van der Waals surface area (Å²) in [5.41, 5.74) is 2.13. The second-order valence-corrected chi connectivity index (χ2v) is 5.78. The fraction of sp³-hybridized carbons (Fsp3) is 0.278. The normalized spacial score (nSPS) is 18.6. The van der Waals surface area contributed by atoms with Crippen LogP contribution in [-0.4, -0.2) is 39.7 Å². The molecule has 0 saturated carbocycles. The summed E-state index contributed by atoms with van der Waals surface area (Å²) in [4.78, 5) is 11.0. The molecule has 0 spiro atoms. The minimum absolute atomic E-state index is 0.194. The molecular weight excluding hydrogens is 304 g/mol. The van der Waals surface area contributed by atoms with Gasteiger partial charge in [0.15, 0.2) is 0 Å². The number of benzene rings is 1. The number of aromatic nitrogens is 3. The molecule has 1 aromatic carbocycles. The SMILES string of the molecule is c1ccc(-c2noc([C@@H]3CN(Cc4cccnc4)CCO3)n2)cc1. The lowest BCUT2D eigenvalue weighted by Gasteiger charge is -2.30. The van der Waals surface area contributed by atoms with E-state index in [-0.39, 0.29) is 6.10 Å². The van der Waals surface area contributed by atoms with Gasteiger partial charge in [-0.25, -0.2) is 0 Å². The summed E-state index contributed by atoms with van der Waals surface area (Å²) in [7, 11) is 0. The molecule has 1 aliphatic rings. The lowest BCUT2D eigenvalue weighted by Crippen LogP contribution is -2.37. The minimum atomic E-state index is -0.194. The van der Waals surface area contributed by atoms with Gasteiger partial charge in [-0.2, -0.15) is 4.98 Å². The van der Waals surface area contributed by atoms with Crippen molar-refractivity contribution in [2.75, 3.05) is 19.7 Å². The van der Waals surface area contributed by atoms with Crippen LogP contribution in [0.15, 0.2) is 59.4 Å². The fourth-order valence-corrected chi connectivity index (χ4v) is 2.82. The molecule has 3 aromatic rings. The molecule has 0 radical (unpaired) electrons. The van der Waals surface area contributed by atoms with Gasteiger partial charge < -0.3 is 9.26 Å². The highest BCUT2D eigenvalue weighted by atomic mass is 16.5. The van der Waals surface area contributed by atoms with Crippen molar-refractivity contribution in [3.8, 4) is 11.4 Å². The van der Waals surface area contributed by atoms with Crippen LogP contribution in [0.5, 0.6) is 0 Å². The number of pyridine rings is 1. The van der Waals surface area contributed by atoms with Gasteiger partial charge in [0.05, 0.1) is 6.61 Å². The van der Waals surface area contributed by atoms with Crippen molar-refractivity contribution in [2.24, 2.45) is 0 Å². The molecule has 0 amide bonds. The molecule has 6 nitrogen and oxygen atoms in total. The van der Waals surface area contributed by atoms with Crippen molar-refractivity contribution in [2.45, 2.75) is 12.6 Å². The average molecular weight is 322 g/mol. The summed E-state index contributed by atoms with van der Waals surface area (Å²) in [5.74, 6) is 1.13. The molecule has 4 rings (SSSR count). The molecule has 122 valence electrons. The van der Waals surface area contributed by atoms with Crippen LogP contribution in [0.3, 0.4) is 0 Å². The van der Waals surface area contributed by atoms with E-state index in [0.29, 0.717) is 18.3 Å². The van der Waals surface area contributed by atoms with Crippen LogP contribution in [0.2, 0.25) is 0 Å². The first-order chi connectivity index (χ1) is 11.9. The number of hydrogen-bond acceptors (Lipinski definition) is 6. The summed E-state index contributed by atoms with van der Waals surface area (Å²) < 4.78 is 11.3. The Hall–Kier alpha value is -2.57. The highest BCUT2D eigenvalue weighted by molar-refractivity contribution is 5.53. The molecule has 0 aliphatic carbocycles. The van der Waals surface area contributed by atoms with Gasteiger partial charge in [0.1, 0.15) is 6.10 Å². The van der Waals surface area contributed by atoms with E-state index in [1.807, 2.05) is 42.6 Å². The predicted octanol–water partition coefficient (Wildman–Crippen LogP) is 2.71. The number of ether oxygens (including phenoxy) is 1. The molecule has 3 heterocycles. The third-order valence-corrected chi connectivity index (χ3v) is 4.03. The number of hydrogen-bond donors (Lipinski definition) is 0. The van der Waals surface area contributed by atoms with Crippen molar-refractivity contribution in [3.05, 3.63) is 66.3 Å². The van der Waals surface area contributed by atoms with E-state index in [4.69, 9.17) is 9.26 Å². The molecule has 1 fully saturated rings. The van der Waals surface area contributed by atoms with Gasteiger partial charge in [-0.1, -0.05) is 41.6 Å². The lowest BCUT2D eigenvalue weighted by molar-refractivity contribution is -0.0475. The van der Waals surface area contributed by atoms with Crippen molar-refractivity contribution in [1.29, 1.82) is 0 Å². The fourth-order valence-electron chi connectivity index (χ4n) is 2.82. The quantitative estimate of drug-likeness (QED) is 0.736. The van der Waals surface area contributed by atoms with Crippen molar-refractivity contribution in [3.63, 3.8) is 0 Å². The Kier molecular flexibility index (Phi) is 4.31. The van der Waals surface area contributed by atoms with Crippen molar-refractivity contribution in [1.82, 2.24) is 20.0 Å². The van der Waals surface area contributed by atoms with Crippen LogP contribution in [0.1, 0.15) is 17.6 Å². The number of nitrogens with zero attached hydrogens (tertiary/aromatic N) is 4. The molecule has 2 aromatic heterocycles. The van der Waals surface area contributed by atoms with Crippen LogP contribution < -0.4 is 0 Å². The smallest absolute Gasteiger partial charge is 0.257 e. The van der Waals surface area contributed by atoms with Crippen LogP contribution in [0.4, 0.5) is 0 Å². The van der Waals surface area contributed by atoms with Gasteiger partial charge in [-0.3, -0.25) is 9.88 Å². The average Bonchev–Trinajstić information content (AvgIpc) is 3.14. The third kappa shape index (κ3) is 3.34. The molecule has 0 bridgehead atoms. The van der Waals surface area contributed by atoms with E-state index in [0.717, 1.165) is 25.2 Å². The molecule has 1 saturated heterocycles. The van der Waals surface area contributed by atoms with Gasteiger partial charge >= 0.3 is 0 Å².